The van der Waals surface area contributed by atoms with E-state index >= 15 is 0 Å². The number of urea groups is 1. The summed E-state index contributed by atoms with van der Waals surface area (Å²) in [6.45, 7) is 3.87. The Morgan fingerprint density at radius 3 is 2.56 bits per heavy atom. The fourth-order valence-electron chi connectivity index (χ4n) is 1.81. The first kappa shape index (κ1) is 14.8. The van der Waals surface area contributed by atoms with Crippen molar-refractivity contribution in [3.63, 3.8) is 0 Å². The number of carbonyl (C=O) groups is 2. The molecule has 0 heterocycles. The first-order valence-electron chi connectivity index (χ1n) is 6.48. The molecule has 0 spiro atoms. The highest BCUT2D eigenvalue weighted by molar-refractivity contribution is 5.87. The number of rotatable bonds is 8. The molecule has 0 aromatic carbocycles. The molecule has 3 N–H and O–H groups in total. The van der Waals surface area contributed by atoms with E-state index in [0.717, 1.165) is 25.9 Å². The molecule has 6 heteroatoms. The smallest absolute Gasteiger partial charge is 0.329 e. The van der Waals surface area contributed by atoms with Crippen molar-refractivity contribution in [2.24, 2.45) is 0 Å². The Labute approximate surface area is 107 Å². The van der Waals surface area contributed by atoms with Crippen molar-refractivity contribution in [3.05, 3.63) is 0 Å². The van der Waals surface area contributed by atoms with Crippen molar-refractivity contribution in [1.82, 2.24) is 10.6 Å². The minimum atomic E-state index is -1.04. The number of ether oxygens (including phenoxy) is 1. The molecule has 1 aliphatic rings. The molecule has 0 saturated heterocycles. The van der Waals surface area contributed by atoms with Gasteiger partial charge < -0.3 is 20.5 Å². The van der Waals surface area contributed by atoms with E-state index < -0.39 is 17.5 Å². The van der Waals surface area contributed by atoms with Gasteiger partial charge >= 0.3 is 12.0 Å². The maximum atomic E-state index is 11.5. The van der Waals surface area contributed by atoms with Crippen molar-refractivity contribution < 1.29 is 19.4 Å². The van der Waals surface area contributed by atoms with Gasteiger partial charge in [-0.15, -0.1) is 0 Å². The van der Waals surface area contributed by atoms with Crippen LogP contribution in [0.1, 0.15) is 39.0 Å². The highest BCUT2D eigenvalue weighted by atomic mass is 16.5. The van der Waals surface area contributed by atoms with Gasteiger partial charge in [-0.05, 0) is 32.1 Å². The average Bonchev–Trinajstić information content (AvgIpc) is 2.28. The highest BCUT2D eigenvalue weighted by Gasteiger charge is 2.45. The molecule has 0 aliphatic heterocycles. The second-order valence-corrected chi connectivity index (χ2v) is 4.59. The lowest BCUT2D eigenvalue weighted by Crippen LogP contribution is -2.61. The third-order valence-corrected chi connectivity index (χ3v) is 3.07. The Bertz CT molecular complexity index is 290. The number of amides is 2. The van der Waals surface area contributed by atoms with E-state index in [2.05, 4.69) is 10.6 Å². The van der Waals surface area contributed by atoms with Gasteiger partial charge in [0.15, 0.2) is 0 Å². The normalized spacial score (nSPS) is 16.7. The maximum Gasteiger partial charge on any atom is 0.329 e. The predicted molar refractivity (Wildman–Crippen MR) is 66.5 cm³/mol. The lowest BCUT2D eigenvalue weighted by atomic mass is 9.77. The van der Waals surface area contributed by atoms with Crippen LogP contribution >= 0.6 is 0 Å². The van der Waals surface area contributed by atoms with Crippen molar-refractivity contribution >= 4 is 12.0 Å². The third kappa shape index (κ3) is 4.18. The third-order valence-electron chi connectivity index (χ3n) is 3.07. The maximum absolute atomic E-state index is 11.5. The van der Waals surface area contributed by atoms with Gasteiger partial charge in [0.1, 0.15) is 5.54 Å². The van der Waals surface area contributed by atoms with Gasteiger partial charge in [-0.25, -0.2) is 9.59 Å². The van der Waals surface area contributed by atoms with Gasteiger partial charge in [-0.2, -0.15) is 0 Å². The van der Waals surface area contributed by atoms with Crippen molar-refractivity contribution in [1.29, 1.82) is 0 Å². The lowest BCUT2D eigenvalue weighted by molar-refractivity contribution is -0.148. The SMILES string of the molecule is CCCOCCCNC(=O)NC1(C(=O)O)CCC1. The molecule has 0 bridgehead atoms. The van der Waals surface area contributed by atoms with E-state index in [0.29, 0.717) is 26.0 Å². The number of carboxylic acid groups (broad SMARTS) is 1. The summed E-state index contributed by atoms with van der Waals surface area (Å²) in [5.74, 6) is -0.949. The van der Waals surface area contributed by atoms with Gasteiger partial charge in [-0.1, -0.05) is 6.92 Å². The molecule has 1 aliphatic carbocycles. The quantitative estimate of drug-likeness (QED) is 0.569. The second-order valence-electron chi connectivity index (χ2n) is 4.59. The van der Waals surface area contributed by atoms with Gasteiger partial charge in [0.25, 0.3) is 0 Å². The molecule has 18 heavy (non-hydrogen) atoms. The highest BCUT2D eigenvalue weighted by Crippen LogP contribution is 2.31. The molecule has 104 valence electrons. The number of carbonyl (C=O) groups excluding carboxylic acids is 1. The summed E-state index contributed by atoms with van der Waals surface area (Å²) < 4.78 is 5.27. The summed E-state index contributed by atoms with van der Waals surface area (Å²) in [7, 11) is 0. The summed E-state index contributed by atoms with van der Waals surface area (Å²) >= 11 is 0. The van der Waals surface area contributed by atoms with Crippen LogP contribution in [0.4, 0.5) is 4.79 Å². The Morgan fingerprint density at radius 2 is 2.06 bits per heavy atom. The van der Waals surface area contributed by atoms with Crippen LogP contribution in [0.5, 0.6) is 0 Å². The molecule has 0 aromatic heterocycles. The molecule has 1 saturated carbocycles. The molecule has 1 rings (SSSR count). The van der Waals surface area contributed by atoms with Gasteiger partial charge in [-0.3, -0.25) is 0 Å². The first-order valence-corrected chi connectivity index (χ1v) is 6.48. The van der Waals surface area contributed by atoms with Gasteiger partial charge in [0.2, 0.25) is 0 Å². The molecule has 0 radical (unpaired) electrons. The van der Waals surface area contributed by atoms with E-state index in [4.69, 9.17) is 9.84 Å². The standard InChI is InChI=1S/C12H22N2O4/c1-2-8-18-9-4-7-13-11(17)14-12(10(15)16)5-3-6-12/h2-9H2,1H3,(H,15,16)(H2,13,14,17). The summed E-state index contributed by atoms with van der Waals surface area (Å²) in [6.07, 6.45) is 3.57. The van der Waals surface area contributed by atoms with E-state index in [9.17, 15) is 9.59 Å². The van der Waals surface area contributed by atoms with Crippen LogP contribution in [0, 0.1) is 0 Å². The Kier molecular flexibility index (Phi) is 5.91. The van der Waals surface area contributed by atoms with Crippen LogP contribution < -0.4 is 10.6 Å². The molecule has 6 nitrogen and oxygen atoms in total. The summed E-state index contributed by atoms with van der Waals surface area (Å²) in [4.78, 5) is 22.5. The van der Waals surface area contributed by atoms with E-state index in [1.54, 1.807) is 0 Å². The zero-order chi connectivity index (χ0) is 13.4. The summed E-state index contributed by atoms with van der Waals surface area (Å²) in [6, 6.07) is -0.410. The number of hydrogen-bond donors (Lipinski definition) is 3. The van der Waals surface area contributed by atoms with E-state index in [1.807, 2.05) is 6.92 Å². The number of hydrogen-bond acceptors (Lipinski definition) is 3. The average molecular weight is 258 g/mol. The molecule has 0 atom stereocenters. The summed E-state index contributed by atoms with van der Waals surface area (Å²) in [5, 5.41) is 14.2. The lowest BCUT2D eigenvalue weighted by Gasteiger charge is -2.38. The molecule has 1 fully saturated rings. The molecular weight excluding hydrogens is 236 g/mol. The largest absolute Gasteiger partial charge is 0.480 e. The van der Waals surface area contributed by atoms with Crippen molar-refractivity contribution in [2.75, 3.05) is 19.8 Å². The van der Waals surface area contributed by atoms with Crippen molar-refractivity contribution in [3.8, 4) is 0 Å². The van der Waals surface area contributed by atoms with Crippen LogP contribution in [-0.2, 0) is 9.53 Å². The molecular formula is C12H22N2O4. The molecule has 0 aromatic rings. The van der Waals surface area contributed by atoms with Crippen LogP contribution in [0.3, 0.4) is 0 Å². The Hall–Kier alpha value is -1.30. The Balaban J connectivity index is 2.12. The fraction of sp³-hybridized carbons (Fsp3) is 0.833. The van der Waals surface area contributed by atoms with E-state index in [1.165, 1.54) is 0 Å². The van der Waals surface area contributed by atoms with Crippen LogP contribution in [0.2, 0.25) is 0 Å². The molecule has 2 amide bonds. The van der Waals surface area contributed by atoms with E-state index in [-0.39, 0.29) is 0 Å². The van der Waals surface area contributed by atoms with Crippen molar-refractivity contribution in [2.45, 2.75) is 44.6 Å². The first-order chi connectivity index (χ1) is 8.60. The minimum Gasteiger partial charge on any atom is -0.480 e. The topological polar surface area (TPSA) is 87.7 Å². The zero-order valence-corrected chi connectivity index (χ0v) is 10.8. The van der Waals surface area contributed by atoms with Crippen LogP contribution in [0.25, 0.3) is 0 Å². The predicted octanol–water partition coefficient (Wildman–Crippen LogP) is 1.11. The zero-order valence-electron chi connectivity index (χ0n) is 10.8. The minimum absolute atomic E-state index is 0.410. The van der Waals surface area contributed by atoms with Crippen LogP contribution in [-0.4, -0.2) is 42.4 Å². The monoisotopic (exact) mass is 258 g/mol. The summed E-state index contributed by atoms with van der Waals surface area (Å²) in [5.41, 5.74) is -1.04. The van der Waals surface area contributed by atoms with Gasteiger partial charge in [0.05, 0.1) is 0 Å². The molecule has 0 unspecified atom stereocenters. The van der Waals surface area contributed by atoms with Crippen LogP contribution in [0.15, 0.2) is 0 Å². The van der Waals surface area contributed by atoms with Gasteiger partial charge in [0, 0.05) is 19.8 Å². The fourth-order valence-corrected chi connectivity index (χ4v) is 1.81. The Morgan fingerprint density at radius 1 is 1.33 bits per heavy atom. The number of carboxylic acids is 1. The second kappa shape index (κ2) is 7.20. The number of aliphatic carboxylic acids is 1. The number of nitrogens with one attached hydrogen (secondary N) is 2.